The number of nitrogens with one attached hydrogen (secondary N) is 1. The number of esters is 1. The molecule has 9 heteroatoms. The molecule has 0 saturated carbocycles. The third-order valence-corrected chi connectivity index (χ3v) is 6.18. The van der Waals surface area contributed by atoms with Gasteiger partial charge in [0.25, 0.3) is 5.91 Å². The molecule has 4 rings (SSSR count). The molecule has 182 valence electrons. The number of rotatable bonds is 6. The summed E-state index contributed by atoms with van der Waals surface area (Å²) in [4.78, 5) is 43.6. The number of piperidine rings is 1. The van der Waals surface area contributed by atoms with Crippen molar-refractivity contribution in [3.63, 3.8) is 0 Å². The van der Waals surface area contributed by atoms with Crippen molar-refractivity contribution in [1.29, 1.82) is 0 Å². The number of ether oxygens (including phenoxy) is 1. The first-order valence-electron chi connectivity index (χ1n) is 11.7. The van der Waals surface area contributed by atoms with Crippen LogP contribution in [0, 0.1) is 19.8 Å². The number of benzene rings is 1. The molecule has 1 N–H and O–H groups in total. The second kappa shape index (κ2) is 10.5. The van der Waals surface area contributed by atoms with Crippen molar-refractivity contribution in [1.82, 2.24) is 19.7 Å². The first kappa shape index (κ1) is 24.1. The molecule has 1 aliphatic rings. The van der Waals surface area contributed by atoms with E-state index in [0.29, 0.717) is 55.2 Å². The SMILES string of the molecule is CCOC(=O)c1cnn(-c2ccc(C(=O)N3CCC(C(=O)Nc4cc(C)ccn4)CC3)cc2)c1C. The molecule has 0 aliphatic carbocycles. The van der Waals surface area contributed by atoms with Gasteiger partial charge in [-0.15, -0.1) is 0 Å². The Morgan fingerprint density at radius 2 is 1.80 bits per heavy atom. The molecule has 1 fully saturated rings. The summed E-state index contributed by atoms with van der Waals surface area (Å²) >= 11 is 0. The van der Waals surface area contributed by atoms with Crippen LogP contribution in [0.1, 0.15) is 51.7 Å². The Hall–Kier alpha value is -4.01. The zero-order valence-electron chi connectivity index (χ0n) is 20.2. The molecule has 0 bridgehead atoms. The van der Waals surface area contributed by atoms with Crippen LogP contribution in [0.15, 0.2) is 48.8 Å². The van der Waals surface area contributed by atoms with Gasteiger partial charge in [0.2, 0.25) is 5.91 Å². The predicted molar refractivity (Wildman–Crippen MR) is 130 cm³/mol. The highest BCUT2D eigenvalue weighted by Crippen LogP contribution is 2.22. The molecule has 0 atom stereocenters. The number of carbonyl (C=O) groups is 3. The molecular weight excluding hydrogens is 446 g/mol. The molecule has 0 unspecified atom stereocenters. The minimum Gasteiger partial charge on any atom is -0.462 e. The fraction of sp³-hybridized carbons (Fsp3) is 0.346. The lowest BCUT2D eigenvalue weighted by Gasteiger charge is -2.31. The lowest BCUT2D eigenvalue weighted by molar-refractivity contribution is -0.121. The number of amides is 2. The Bertz CT molecular complexity index is 1230. The van der Waals surface area contributed by atoms with Crippen molar-refractivity contribution >= 4 is 23.6 Å². The summed E-state index contributed by atoms with van der Waals surface area (Å²) in [6.07, 6.45) is 4.36. The third-order valence-electron chi connectivity index (χ3n) is 6.18. The van der Waals surface area contributed by atoms with Gasteiger partial charge in [-0.2, -0.15) is 5.10 Å². The standard InChI is InChI=1S/C26H29N5O4/c1-4-35-26(34)22-16-28-31(18(22)3)21-7-5-20(6-8-21)25(33)30-13-10-19(11-14-30)24(32)29-23-15-17(2)9-12-27-23/h5-9,12,15-16,19H,4,10-11,13-14H2,1-3H3,(H,27,29,32). The van der Waals surface area contributed by atoms with E-state index >= 15 is 0 Å². The molecule has 1 aromatic carbocycles. The monoisotopic (exact) mass is 475 g/mol. The Morgan fingerprint density at radius 1 is 1.09 bits per heavy atom. The van der Waals surface area contributed by atoms with Crippen LogP contribution in [0.25, 0.3) is 5.69 Å². The maximum absolute atomic E-state index is 13.0. The van der Waals surface area contributed by atoms with Gasteiger partial charge in [-0.05, 0) is 75.6 Å². The van der Waals surface area contributed by atoms with E-state index in [2.05, 4.69) is 15.4 Å². The number of anilines is 1. The molecule has 1 saturated heterocycles. The number of nitrogens with zero attached hydrogens (tertiary/aromatic N) is 4. The van der Waals surface area contributed by atoms with Gasteiger partial charge in [-0.3, -0.25) is 9.59 Å². The average molecular weight is 476 g/mol. The highest BCUT2D eigenvalue weighted by molar-refractivity contribution is 5.95. The van der Waals surface area contributed by atoms with E-state index in [9.17, 15) is 14.4 Å². The van der Waals surface area contributed by atoms with Crippen LogP contribution in [0.4, 0.5) is 5.82 Å². The summed E-state index contributed by atoms with van der Waals surface area (Å²) in [6.45, 7) is 6.83. The van der Waals surface area contributed by atoms with Gasteiger partial charge in [0.15, 0.2) is 0 Å². The van der Waals surface area contributed by atoms with Crippen LogP contribution in [0.5, 0.6) is 0 Å². The summed E-state index contributed by atoms with van der Waals surface area (Å²) in [7, 11) is 0. The Morgan fingerprint density at radius 3 is 2.46 bits per heavy atom. The maximum atomic E-state index is 13.0. The minimum absolute atomic E-state index is 0.0590. The number of carbonyl (C=O) groups excluding carboxylic acids is 3. The Balaban J connectivity index is 1.35. The molecule has 3 aromatic rings. The van der Waals surface area contributed by atoms with Crippen molar-refractivity contribution in [2.45, 2.75) is 33.6 Å². The normalized spacial score (nSPS) is 14.0. The number of aryl methyl sites for hydroxylation is 1. The van der Waals surface area contributed by atoms with Gasteiger partial charge in [0.05, 0.1) is 24.2 Å². The minimum atomic E-state index is -0.407. The first-order chi connectivity index (χ1) is 16.9. The van der Waals surface area contributed by atoms with Crippen LogP contribution in [0.3, 0.4) is 0 Å². The Kier molecular flexibility index (Phi) is 7.24. The lowest BCUT2D eigenvalue weighted by atomic mass is 9.95. The van der Waals surface area contributed by atoms with Crippen molar-refractivity contribution in [2.24, 2.45) is 5.92 Å². The smallest absolute Gasteiger partial charge is 0.341 e. The van der Waals surface area contributed by atoms with Crippen LogP contribution >= 0.6 is 0 Å². The molecule has 2 aromatic heterocycles. The summed E-state index contributed by atoms with van der Waals surface area (Å²) in [5, 5.41) is 7.17. The van der Waals surface area contributed by atoms with Gasteiger partial charge in [-0.1, -0.05) is 0 Å². The lowest BCUT2D eigenvalue weighted by Crippen LogP contribution is -2.41. The number of aromatic nitrogens is 3. The number of likely N-dealkylation sites (tertiary alicyclic amines) is 1. The molecule has 9 nitrogen and oxygen atoms in total. The predicted octanol–water partition coefficient (Wildman–Crippen LogP) is 3.55. The van der Waals surface area contributed by atoms with Gasteiger partial charge in [0, 0.05) is 30.8 Å². The summed E-state index contributed by atoms with van der Waals surface area (Å²) in [5.74, 6) is -0.137. The number of hydrogen-bond acceptors (Lipinski definition) is 6. The maximum Gasteiger partial charge on any atom is 0.341 e. The van der Waals surface area contributed by atoms with Gasteiger partial charge in [-0.25, -0.2) is 14.5 Å². The van der Waals surface area contributed by atoms with Gasteiger partial charge >= 0.3 is 5.97 Å². The van der Waals surface area contributed by atoms with Gasteiger partial charge < -0.3 is 15.0 Å². The van der Waals surface area contributed by atoms with Crippen molar-refractivity contribution < 1.29 is 19.1 Å². The molecule has 35 heavy (non-hydrogen) atoms. The highest BCUT2D eigenvalue weighted by atomic mass is 16.5. The second-order valence-corrected chi connectivity index (χ2v) is 8.60. The van der Waals surface area contributed by atoms with Crippen LogP contribution in [-0.4, -0.2) is 57.1 Å². The zero-order valence-corrected chi connectivity index (χ0v) is 20.2. The average Bonchev–Trinajstić information content (AvgIpc) is 3.25. The Labute approximate surface area is 204 Å². The van der Waals surface area contributed by atoms with Crippen LogP contribution in [-0.2, 0) is 9.53 Å². The van der Waals surface area contributed by atoms with Gasteiger partial charge in [0.1, 0.15) is 11.4 Å². The molecule has 3 heterocycles. The largest absolute Gasteiger partial charge is 0.462 e. The molecule has 1 aliphatic heterocycles. The highest BCUT2D eigenvalue weighted by Gasteiger charge is 2.28. The molecule has 2 amide bonds. The van der Waals surface area contributed by atoms with E-state index in [4.69, 9.17) is 4.74 Å². The first-order valence-corrected chi connectivity index (χ1v) is 11.7. The van der Waals surface area contributed by atoms with Crippen molar-refractivity contribution in [3.05, 3.63) is 71.2 Å². The molecule has 0 radical (unpaired) electrons. The molecule has 0 spiro atoms. The van der Waals surface area contributed by atoms with Crippen LogP contribution in [0.2, 0.25) is 0 Å². The van der Waals surface area contributed by atoms with E-state index in [0.717, 1.165) is 11.3 Å². The van der Waals surface area contributed by atoms with E-state index in [1.807, 2.05) is 19.1 Å². The van der Waals surface area contributed by atoms with E-state index in [1.54, 1.807) is 53.9 Å². The topological polar surface area (TPSA) is 106 Å². The van der Waals surface area contributed by atoms with Crippen molar-refractivity contribution in [3.8, 4) is 5.69 Å². The van der Waals surface area contributed by atoms with E-state index in [-0.39, 0.29) is 17.7 Å². The fourth-order valence-corrected chi connectivity index (χ4v) is 4.18. The fourth-order valence-electron chi connectivity index (χ4n) is 4.18. The number of hydrogen-bond donors (Lipinski definition) is 1. The van der Waals surface area contributed by atoms with Crippen molar-refractivity contribution in [2.75, 3.05) is 25.0 Å². The summed E-state index contributed by atoms with van der Waals surface area (Å²) < 4.78 is 6.71. The van der Waals surface area contributed by atoms with Crippen LogP contribution < -0.4 is 5.32 Å². The third kappa shape index (κ3) is 5.40. The van der Waals surface area contributed by atoms with E-state index in [1.165, 1.54) is 6.20 Å². The second-order valence-electron chi connectivity index (χ2n) is 8.60. The molecular formula is C26H29N5O4. The summed E-state index contributed by atoms with van der Waals surface area (Å²) in [6, 6.07) is 10.8. The number of pyridine rings is 1. The van der Waals surface area contributed by atoms with E-state index < -0.39 is 5.97 Å². The quantitative estimate of drug-likeness (QED) is 0.547. The zero-order chi connectivity index (χ0) is 24.9. The summed E-state index contributed by atoms with van der Waals surface area (Å²) in [5.41, 5.74) is 3.43.